The molecule has 0 N–H and O–H groups in total. The molecule has 1 heterocycles. The lowest BCUT2D eigenvalue weighted by Gasteiger charge is -2.22. The lowest BCUT2D eigenvalue weighted by Crippen LogP contribution is -2.36. The Labute approximate surface area is 198 Å². The minimum atomic E-state index is -0.112. The zero-order valence-electron chi connectivity index (χ0n) is 19.1. The summed E-state index contributed by atoms with van der Waals surface area (Å²) >= 11 is 7.79. The van der Waals surface area contributed by atoms with Gasteiger partial charge in [-0.1, -0.05) is 42.7 Å². The molecule has 2 aromatic carbocycles. The summed E-state index contributed by atoms with van der Waals surface area (Å²) in [5.41, 5.74) is 1.25. The van der Waals surface area contributed by atoms with Crippen molar-refractivity contribution in [1.29, 1.82) is 0 Å². The van der Waals surface area contributed by atoms with Gasteiger partial charge in [0.25, 0.3) is 5.91 Å². The highest BCUT2D eigenvalue weighted by atomic mass is 35.5. The first kappa shape index (κ1) is 24.3. The van der Waals surface area contributed by atoms with Crippen molar-refractivity contribution >= 4 is 44.2 Å². The lowest BCUT2D eigenvalue weighted by molar-refractivity contribution is 0.0985. The van der Waals surface area contributed by atoms with E-state index in [4.69, 9.17) is 26.1 Å². The standard InChI is InChI=1S/C24H30ClN3O3S/c1-5-6-7-16-31-18-10-8-17(9-11-18)23(29)28(15-14-27(2)3)24-26-21-20(30-4)13-12-19(25)22(21)32-24/h8-13H,5-7,14-16H2,1-4H3. The molecule has 0 aliphatic heterocycles. The van der Waals surface area contributed by atoms with Gasteiger partial charge in [0, 0.05) is 18.7 Å². The third-order valence-corrected chi connectivity index (χ3v) is 6.57. The van der Waals surface area contributed by atoms with Gasteiger partial charge in [-0.25, -0.2) is 4.98 Å². The van der Waals surface area contributed by atoms with E-state index in [1.54, 1.807) is 36.3 Å². The highest BCUT2D eigenvalue weighted by Gasteiger charge is 2.23. The van der Waals surface area contributed by atoms with Gasteiger partial charge in [0.15, 0.2) is 5.13 Å². The van der Waals surface area contributed by atoms with Gasteiger partial charge >= 0.3 is 0 Å². The third kappa shape index (κ3) is 5.91. The highest BCUT2D eigenvalue weighted by Crippen LogP contribution is 2.39. The number of hydrogen-bond acceptors (Lipinski definition) is 6. The fraction of sp³-hybridized carbons (Fsp3) is 0.417. The number of thiazole rings is 1. The van der Waals surface area contributed by atoms with Crippen molar-refractivity contribution in [3.63, 3.8) is 0 Å². The summed E-state index contributed by atoms with van der Waals surface area (Å²) in [6, 6.07) is 10.9. The number of likely N-dealkylation sites (N-methyl/N-ethyl adjacent to an activating group) is 1. The molecule has 0 saturated heterocycles. The molecule has 32 heavy (non-hydrogen) atoms. The van der Waals surface area contributed by atoms with E-state index in [9.17, 15) is 4.79 Å². The minimum Gasteiger partial charge on any atom is -0.494 e. The molecule has 0 spiro atoms. The Morgan fingerprint density at radius 1 is 1.09 bits per heavy atom. The molecule has 8 heteroatoms. The van der Waals surface area contributed by atoms with E-state index in [1.807, 2.05) is 31.1 Å². The maximum Gasteiger partial charge on any atom is 0.260 e. The second kappa shape index (κ2) is 11.5. The van der Waals surface area contributed by atoms with Crippen molar-refractivity contribution < 1.29 is 14.3 Å². The fourth-order valence-electron chi connectivity index (χ4n) is 3.20. The van der Waals surface area contributed by atoms with Crippen LogP contribution in [0.15, 0.2) is 36.4 Å². The number of hydrogen-bond donors (Lipinski definition) is 0. The molecule has 0 saturated carbocycles. The molecule has 1 amide bonds. The number of nitrogens with zero attached hydrogens (tertiary/aromatic N) is 3. The van der Waals surface area contributed by atoms with E-state index in [0.29, 0.717) is 46.7 Å². The molecule has 0 bridgehead atoms. The first-order chi connectivity index (χ1) is 15.4. The summed E-state index contributed by atoms with van der Waals surface area (Å²) in [6.45, 7) is 4.05. The maximum atomic E-state index is 13.5. The van der Waals surface area contributed by atoms with Crippen LogP contribution in [0.3, 0.4) is 0 Å². The molecule has 6 nitrogen and oxygen atoms in total. The Hall–Kier alpha value is -2.35. The van der Waals surface area contributed by atoms with Crippen LogP contribution >= 0.6 is 22.9 Å². The summed E-state index contributed by atoms with van der Waals surface area (Å²) in [4.78, 5) is 21.9. The van der Waals surface area contributed by atoms with Crippen LogP contribution < -0.4 is 14.4 Å². The van der Waals surface area contributed by atoms with Crippen molar-refractivity contribution in [3.05, 3.63) is 47.0 Å². The molecule has 0 radical (unpaired) electrons. The van der Waals surface area contributed by atoms with Crippen LogP contribution in [0.4, 0.5) is 5.13 Å². The van der Waals surface area contributed by atoms with Crippen molar-refractivity contribution in [2.24, 2.45) is 0 Å². The average molecular weight is 476 g/mol. The van der Waals surface area contributed by atoms with E-state index >= 15 is 0 Å². The minimum absolute atomic E-state index is 0.112. The van der Waals surface area contributed by atoms with Crippen molar-refractivity contribution in [2.75, 3.05) is 45.8 Å². The zero-order chi connectivity index (χ0) is 23.1. The number of fused-ring (bicyclic) bond motifs is 1. The van der Waals surface area contributed by atoms with Crippen LogP contribution in [-0.2, 0) is 0 Å². The quantitative estimate of drug-likeness (QED) is 0.331. The Kier molecular flexibility index (Phi) is 8.73. The number of ether oxygens (including phenoxy) is 2. The number of aromatic nitrogens is 1. The second-order valence-electron chi connectivity index (χ2n) is 7.76. The van der Waals surface area contributed by atoms with Crippen LogP contribution in [-0.4, -0.2) is 56.7 Å². The van der Waals surface area contributed by atoms with Crippen molar-refractivity contribution in [3.8, 4) is 11.5 Å². The number of rotatable bonds is 11. The average Bonchev–Trinajstić information content (AvgIpc) is 3.23. The van der Waals surface area contributed by atoms with Gasteiger partial charge in [0.1, 0.15) is 17.0 Å². The Bertz CT molecular complexity index is 1040. The van der Waals surface area contributed by atoms with Gasteiger partial charge in [-0.2, -0.15) is 0 Å². The van der Waals surface area contributed by atoms with Crippen molar-refractivity contribution in [2.45, 2.75) is 26.2 Å². The van der Waals surface area contributed by atoms with E-state index < -0.39 is 0 Å². The van der Waals surface area contributed by atoms with Crippen LogP contribution in [0.1, 0.15) is 36.5 Å². The number of methoxy groups -OCH3 is 1. The molecule has 0 unspecified atom stereocenters. The van der Waals surface area contributed by atoms with Gasteiger partial charge in [0.05, 0.1) is 23.4 Å². The van der Waals surface area contributed by atoms with Crippen molar-refractivity contribution in [1.82, 2.24) is 9.88 Å². The Morgan fingerprint density at radius 2 is 1.84 bits per heavy atom. The summed E-state index contributed by atoms with van der Waals surface area (Å²) in [5.74, 6) is 1.30. The van der Waals surface area contributed by atoms with Gasteiger partial charge in [-0.3, -0.25) is 9.69 Å². The third-order valence-electron chi connectivity index (χ3n) is 5.03. The summed E-state index contributed by atoms with van der Waals surface area (Å²) < 4.78 is 12.0. The maximum absolute atomic E-state index is 13.5. The number of amides is 1. The molecule has 0 fully saturated rings. The topological polar surface area (TPSA) is 54.9 Å². The predicted molar refractivity (Wildman–Crippen MR) is 133 cm³/mol. The van der Waals surface area contributed by atoms with E-state index in [2.05, 4.69) is 6.92 Å². The van der Waals surface area contributed by atoms with Crippen LogP contribution in [0.2, 0.25) is 5.02 Å². The van der Waals surface area contributed by atoms with Gasteiger partial charge in [0.2, 0.25) is 0 Å². The summed E-state index contributed by atoms with van der Waals surface area (Å²) in [7, 11) is 5.56. The Morgan fingerprint density at radius 3 is 2.50 bits per heavy atom. The number of carbonyl (C=O) groups is 1. The molecule has 3 rings (SSSR count). The Balaban J connectivity index is 1.86. The number of benzene rings is 2. The monoisotopic (exact) mass is 475 g/mol. The molecule has 172 valence electrons. The molecular weight excluding hydrogens is 446 g/mol. The predicted octanol–water partition coefficient (Wildman–Crippen LogP) is 5.74. The number of anilines is 1. The SMILES string of the molecule is CCCCCOc1ccc(C(=O)N(CCN(C)C)c2nc3c(OC)ccc(Cl)c3s2)cc1. The van der Waals surface area contributed by atoms with Gasteiger partial charge in [-0.15, -0.1) is 0 Å². The summed E-state index contributed by atoms with van der Waals surface area (Å²) in [6.07, 6.45) is 3.33. The molecule has 0 atom stereocenters. The first-order valence-electron chi connectivity index (χ1n) is 10.8. The number of halogens is 1. The molecule has 0 aliphatic rings. The van der Waals surface area contributed by atoms with Crippen LogP contribution in [0.5, 0.6) is 11.5 Å². The largest absolute Gasteiger partial charge is 0.494 e. The molecular formula is C24H30ClN3O3S. The lowest BCUT2D eigenvalue weighted by atomic mass is 10.2. The fourth-order valence-corrected chi connectivity index (χ4v) is 4.48. The molecule has 1 aromatic heterocycles. The molecule has 3 aromatic rings. The number of unbranched alkanes of at least 4 members (excludes halogenated alkanes) is 2. The zero-order valence-corrected chi connectivity index (χ0v) is 20.6. The van der Waals surface area contributed by atoms with E-state index in [-0.39, 0.29) is 5.91 Å². The normalized spacial score (nSPS) is 11.2. The molecule has 0 aliphatic carbocycles. The van der Waals surface area contributed by atoms with Crippen LogP contribution in [0, 0.1) is 0 Å². The smallest absolute Gasteiger partial charge is 0.260 e. The second-order valence-corrected chi connectivity index (χ2v) is 9.15. The highest BCUT2D eigenvalue weighted by molar-refractivity contribution is 7.23. The van der Waals surface area contributed by atoms with Gasteiger partial charge < -0.3 is 14.4 Å². The van der Waals surface area contributed by atoms with Gasteiger partial charge in [-0.05, 0) is 56.9 Å². The van der Waals surface area contributed by atoms with Crippen LogP contribution in [0.25, 0.3) is 10.2 Å². The number of carbonyl (C=O) groups excluding carboxylic acids is 1. The van der Waals surface area contributed by atoms with E-state index in [0.717, 1.165) is 29.7 Å². The first-order valence-corrected chi connectivity index (χ1v) is 12.0. The summed E-state index contributed by atoms with van der Waals surface area (Å²) in [5, 5.41) is 1.19. The van der Waals surface area contributed by atoms with E-state index in [1.165, 1.54) is 11.3 Å².